The maximum Gasteiger partial charge on any atom is 0.408 e. The molecule has 0 aliphatic rings. The SMILES string of the molecule is COCC(NC(=O)C(CC(=O)O)NC(=O)OC(C)(C)C)C(=O)NCc1cccc2ccccc12. The number of hydrogen-bond donors (Lipinski definition) is 4. The van der Waals surface area contributed by atoms with Gasteiger partial charge < -0.3 is 30.5 Å². The molecule has 0 aliphatic carbocycles. The molecule has 10 heteroatoms. The molecular formula is C24H31N3O7. The van der Waals surface area contributed by atoms with Gasteiger partial charge in [0.1, 0.15) is 17.7 Å². The smallest absolute Gasteiger partial charge is 0.408 e. The van der Waals surface area contributed by atoms with Crippen LogP contribution in [0.5, 0.6) is 0 Å². The molecule has 2 rings (SSSR count). The second-order valence-electron chi connectivity index (χ2n) is 8.67. The number of carbonyl (C=O) groups is 4. The van der Waals surface area contributed by atoms with E-state index in [2.05, 4.69) is 16.0 Å². The van der Waals surface area contributed by atoms with Crippen molar-refractivity contribution in [1.82, 2.24) is 16.0 Å². The highest BCUT2D eigenvalue weighted by Crippen LogP contribution is 2.18. The van der Waals surface area contributed by atoms with Crippen LogP contribution < -0.4 is 16.0 Å². The van der Waals surface area contributed by atoms with Gasteiger partial charge in [0.15, 0.2) is 0 Å². The summed E-state index contributed by atoms with van der Waals surface area (Å²) in [6, 6.07) is 10.9. The lowest BCUT2D eigenvalue weighted by atomic mass is 10.0. The van der Waals surface area contributed by atoms with Crippen molar-refractivity contribution in [2.45, 2.75) is 51.4 Å². The van der Waals surface area contributed by atoms with Gasteiger partial charge in [0.05, 0.1) is 13.0 Å². The van der Waals surface area contributed by atoms with Crippen molar-refractivity contribution < 1.29 is 33.8 Å². The first-order valence-corrected chi connectivity index (χ1v) is 10.7. The highest BCUT2D eigenvalue weighted by atomic mass is 16.6. The largest absolute Gasteiger partial charge is 0.481 e. The van der Waals surface area contributed by atoms with Crippen LogP contribution in [-0.2, 0) is 30.4 Å². The molecule has 10 nitrogen and oxygen atoms in total. The van der Waals surface area contributed by atoms with E-state index in [1.165, 1.54) is 7.11 Å². The third kappa shape index (κ3) is 8.36. The van der Waals surface area contributed by atoms with Crippen molar-refractivity contribution >= 4 is 34.6 Å². The van der Waals surface area contributed by atoms with Crippen molar-refractivity contribution in [3.8, 4) is 0 Å². The van der Waals surface area contributed by atoms with E-state index >= 15 is 0 Å². The van der Waals surface area contributed by atoms with Crippen LogP contribution in [0, 0.1) is 0 Å². The first-order chi connectivity index (χ1) is 16.0. The Morgan fingerprint density at radius 2 is 1.62 bits per heavy atom. The Morgan fingerprint density at radius 1 is 0.941 bits per heavy atom. The summed E-state index contributed by atoms with van der Waals surface area (Å²) < 4.78 is 10.1. The molecule has 0 aliphatic heterocycles. The number of amides is 3. The van der Waals surface area contributed by atoms with Crippen LogP contribution in [0.25, 0.3) is 10.8 Å². The second-order valence-corrected chi connectivity index (χ2v) is 8.67. The fourth-order valence-corrected chi connectivity index (χ4v) is 3.21. The molecule has 2 aromatic carbocycles. The molecule has 2 unspecified atom stereocenters. The van der Waals surface area contributed by atoms with E-state index in [9.17, 15) is 19.2 Å². The van der Waals surface area contributed by atoms with Gasteiger partial charge in [-0.1, -0.05) is 42.5 Å². The third-order valence-electron chi connectivity index (χ3n) is 4.69. The molecule has 0 saturated heterocycles. The molecule has 0 saturated carbocycles. The van der Waals surface area contributed by atoms with Gasteiger partial charge in [0.25, 0.3) is 0 Å². The normalized spacial score (nSPS) is 12.9. The molecule has 0 aromatic heterocycles. The number of ether oxygens (including phenoxy) is 2. The van der Waals surface area contributed by atoms with Crippen LogP contribution in [-0.4, -0.2) is 60.4 Å². The van der Waals surface area contributed by atoms with Crippen LogP contribution in [0.15, 0.2) is 42.5 Å². The number of rotatable bonds is 10. The lowest BCUT2D eigenvalue weighted by Gasteiger charge is -2.24. The summed E-state index contributed by atoms with van der Waals surface area (Å²) in [5.74, 6) is -2.68. The van der Waals surface area contributed by atoms with Crippen molar-refractivity contribution in [3.05, 3.63) is 48.0 Å². The quantitative estimate of drug-likeness (QED) is 0.413. The number of nitrogens with one attached hydrogen (secondary N) is 3. The van der Waals surface area contributed by atoms with Crippen LogP contribution in [0.4, 0.5) is 4.79 Å². The molecule has 184 valence electrons. The maximum absolute atomic E-state index is 12.8. The Bertz CT molecular complexity index is 1030. The zero-order chi connectivity index (χ0) is 25.3. The van der Waals surface area contributed by atoms with E-state index in [1.54, 1.807) is 20.8 Å². The molecule has 34 heavy (non-hydrogen) atoms. The third-order valence-corrected chi connectivity index (χ3v) is 4.69. The van der Waals surface area contributed by atoms with E-state index in [4.69, 9.17) is 14.6 Å². The molecule has 0 fully saturated rings. The van der Waals surface area contributed by atoms with Gasteiger partial charge in [-0.3, -0.25) is 14.4 Å². The van der Waals surface area contributed by atoms with Gasteiger partial charge in [-0.2, -0.15) is 0 Å². The minimum absolute atomic E-state index is 0.153. The van der Waals surface area contributed by atoms with Gasteiger partial charge in [-0.05, 0) is 37.1 Å². The predicted molar refractivity (Wildman–Crippen MR) is 125 cm³/mol. The highest BCUT2D eigenvalue weighted by molar-refractivity contribution is 5.93. The fourth-order valence-electron chi connectivity index (χ4n) is 3.21. The second kappa shape index (κ2) is 12.0. The number of aliphatic carboxylic acids is 1. The molecule has 2 aromatic rings. The lowest BCUT2D eigenvalue weighted by Crippen LogP contribution is -2.56. The number of carbonyl (C=O) groups excluding carboxylic acids is 3. The summed E-state index contributed by atoms with van der Waals surface area (Å²) >= 11 is 0. The van der Waals surface area contributed by atoms with E-state index in [-0.39, 0.29) is 13.2 Å². The number of carboxylic acid groups (broad SMARTS) is 1. The van der Waals surface area contributed by atoms with Gasteiger partial charge in [0, 0.05) is 13.7 Å². The Balaban J connectivity index is 2.07. The lowest BCUT2D eigenvalue weighted by molar-refractivity contribution is -0.140. The number of carboxylic acids is 1. The number of benzene rings is 2. The predicted octanol–water partition coefficient (Wildman–Crippen LogP) is 1.96. The molecule has 0 spiro atoms. The Morgan fingerprint density at radius 3 is 2.26 bits per heavy atom. The average Bonchev–Trinajstić information content (AvgIpc) is 2.75. The van der Waals surface area contributed by atoms with Gasteiger partial charge in [-0.15, -0.1) is 0 Å². The maximum atomic E-state index is 12.8. The molecular weight excluding hydrogens is 442 g/mol. The minimum atomic E-state index is -1.45. The van der Waals surface area contributed by atoms with Gasteiger partial charge in [0.2, 0.25) is 11.8 Å². The fraction of sp³-hybridized carbons (Fsp3) is 0.417. The number of methoxy groups -OCH3 is 1. The zero-order valence-corrected chi connectivity index (χ0v) is 19.7. The van der Waals surface area contributed by atoms with Crippen molar-refractivity contribution in [1.29, 1.82) is 0 Å². The molecule has 0 heterocycles. The van der Waals surface area contributed by atoms with Crippen LogP contribution in [0.2, 0.25) is 0 Å². The van der Waals surface area contributed by atoms with Crippen LogP contribution in [0.3, 0.4) is 0 Å². The summed E-state index contributed by atoms with van der Waals surface area (Å²) in [5.41, 5.74) is 0.0540. The van der Waals surface area contributed by atoms with Crippen LogP contribution in [0.1, 0.15) is 32.8 Å². The first kappa shape index (κ1) is 26.6. The standard InChI is InChI=1S/C24H31N3O7/c1-24(2,3)34-23(32)27-18(12-20(28)29)22(31)26-19(14-33-4)21(30)25-13-16-10-7-9-15-8-5-6-11-17(15)16/h5-11,18-19H,12-14H2,1-4H3,(H,25,30)(H,26,31)(H,27,32)(H,28,29). The van der Waals surface area contributed by atoms with Gasteiger partial charge in [-0.25, -0.2) is 4.79 Å². The van der Waals surface area contributed by atoms with E-state index in [0.717, 1.165) is 16.3 Å². The van der Waals surface area contributed by atoms with E-state index in [1.807, 2.05) is 42.5 Å². The molecule has 4 N–H and O–H groups in total. The van der Waals surface area contributed by atoms with Gasteiger partial charge >= 0.3 is 12.1 Å². The summed E-state index contributed by atoms with van der Waals surface area (Å²) in [6.45, 7) is 4.96. The Kier molecular flexibility index (Phi) is 9.37. The Labute approximate surface area is 198 Å². The summed E-state index contributed by atoms with van der Waals surface area (Å²) in [7, 11) is 1.37. The first-order valence-electron chi connectivity index (χ1n) is 10.7. The summed E-state index contributed by atoms with van der Waals surface area (Å²) in [5, 5.41) is 18.6. The number of hydrogen-bond acceptors (Lipinski definition) is 6. The molecule has 3 amide bonds. The summed E-state index contributed by atoms with van der Waals surface area (Å²) in [4.78, 5) is 48.8. The number of fused-ring (bicyclic) bond motifs is 1. The van der Waals surface area contributed by atoms with Crippen LogP contribution >= 0.6 is 0 Å². The topological polar surface area (TPSA) is 143 Å². The van der Waals surface area contributed by atoms with Crippen molar-refractivity contribution in [2.24, 2.45) is 0 Å². The summed E-state index contributed by atoms with van der Waals surface area (Å²) in [6.07, 6.45) is -1.64. The highest BCUT2D eigenvalue weighted by Gasteiger charge is 2.30. The van der Waals surface area contributed by atoms with Crippen molar-refractivity contribution in [2.75, 3.05) is 13.7 Å². The average molecular weight is 474 g/mol. The molecule has 0 bridgehead atoms. The van der Waals surface area contributed by atoms with E-state index in [0.29, 0.717) is 0 Å². The van der Waals surface area contributed by atoms with E-state index < -0.39 is 48.0 Å². The Hall–Kier alpha value is -3.66. The zero-order valence-electron chi connectivity index (χ0n) is 19.7. The molecule has 2 atom stereocenters. The molecule has 0 radical (unpaired) electrons. The van der Waals surface area contributed by atoms with Crippen molar-refractivity contribution in [3.63, 3.8) is 0 Å². The number of alkyl carbamates (subject to hydrolysis) is 1. The minimum Gasteiger partial charge on any atom is -0.481 e. The monoisotopic (exact) mass is 473 g/mol.